The van der Waals surface area contributed by atoms with E-state index in [0.717, 1.165) is 25.0 Å². The lowest BCUT2D eigenvalue weighted by Crippen LogP contribution is -2.07. The van der Waals surface area contributed by atoms with Gasteiger partial charge in [0, 0.05) is 6.20 Å². The summed E-state index contributed by atoms with van der Waals surface area (Å²) in [6.07, 6.45) is 8.91. The van der Waals surface area contributed by atoms with Gasteiger partial charge in [-0.2, -0.15) is 0 Å². The molecular weight excluding hydrogens is 253 g/mol. The Hall–Kier alpha value is -0.790. The molecule has 0 aromatic carbocycles. The van der Waals surface area contributed by atoms with Crippen LogP contribution in [0.25, 0.3) is 0 Å². The molecule has 0 aliphatic heterocycles. The number of hydrogen-bond donors (Lipinski definition) is 0. The number of nitrogens with zero attached hydrogens (tertiary/aromatic N) is 1. The number of aryl methyl sites for hydroxylation is 1. The molecule has 88 valence electrons. The maximum Gasteiger partial charge on any atom is 0.101 e. The first-order chi connectivity index (χ1) is 8.25. The van der Waals surface area contributed by atoms with Gasteiger partial charge in [-0.05, 0) is 36.5 Å². The van der Waals surface area contributed by atoms with E-state index in [2.05, 4.69) is 17.1 Å². The number of halogens is 2. The van der Waals surface area contributed by atoms with Crippen molar-refractivity contribution in [1.82, 2.24) is 4.98 Å². The van der Waals surface area contributed by atoms with Crippen LogP contribution in [0, 0.1) is 0 Å². The highest BCUT2D eigenvalue weighted by atomic mass is 35.5. The Morgan fingerprint density at radius 3 is 3.00 bits per heavy atom. The minimum Gasteiger partial charge on any atom is -0.259 e. The highest BCUT2D eigenvalue weighted by Crippen LogP contribution is 2.40. The number of rotatable bonds is 0. The molecule has 1 aromatic heterocycles. The molecule has 0 saturated heterocycles. The van der Waals surface area contributed by atoms with Crippen LogP contribution in [0.3, 0.4) is 0 Å². The van der Waals surface area contributed by atoms with Crippen molar-refractivity contribution >= 4 is 23.2 Å². The van der Waals surface area contributed by atoms with Gasteiger partial charge >= 0.3 is 0 Å². The first-order valence-corrected chi connectivity index (χ1v) is 6.75. The third-order valence-electron chi connectivity index (χ3n) is 3.47. The van der Waals surface area contributed by atoms with Gasteiger partial charge in [-0.15, -0.1) is 23.2 Å². The number of fused-ring (bicyclic) bond motifs is 1. The molecule has 2 aliphatic carbocycles. The zero-order valence-electron chi connectivity index (χ0n) is 9.37. The van der Waals surface area contributed by atoms with Crippen molar-refractivity contribution < 1.29 is 0 Å². The molecule has 3 heteroatoms. The second kappa shape index (κ2) is 4.47. The van der Waals surface area contributed by atoms with Crippen LogP contribution in [-0.2, 0) is 6.42 Å². The SMILES string of the molecule is ClC1C=CC2=C(CCc3cccnc3C2Cl)C1. The molecule has 2 atom stereocenters. The normalized spacial score (nSPS) is 27.4. The zero-order chi connectivity index (χ0) is 11.8. The van der Waals surface area contributed by atoms with Crippen molar-refractivity contribution in [3.8, 4) is 0 Å². The predicted molar refractivity (Wildman–Crippen MR) is 71.6 cm³/mol. The van der Waals surface area contributed by atoms with E-state index >= 15 is 0 Å². The molecule has 2 unspecified atom stereocenters. The van der Waals surface area contributed by atoms with Gasteiger partial charge in [0.15, 0.2) is 0 Å². The van der Waals surface area contributed by atoms with Crippen LogP contribution >= 0.6 is 23.2 Å². The Kier molecular flexibility index (Phi) is 2.97. The molecule has 17 heavy (non-hydrogen) atoms. The van der Waals surface area contributed by atoms with Gasteiger partial charge in [0.1, 0.15) is 5.38 Å². The summed E-state index contributed by atoms with van der Waals surface area (Å²) in [6, 6.07) is 4.10. The number of allylic oxidation sites excluding steroid dienone is 4. The zero-order valence-corrected chi connectivity index (χ0v) is 10.9. The van der Waals surface area contributed by atoms with Gasteiger partial charge in [-0.25, -0.2) is 0 Å². The summed E-state index contributed by atoms with van der Waals surface area (Å²) >= 11 is 12.7. The summed E-state index contributed by atoms with van der Waals surface area (Å²) in [4.78, 5) is 4.44. The van der Waals surface area contributed by atoms with Crippen LogP contribution in [0.15, 0.2) is 41.6 Å². The fourth-order valence-corrected chi connectivity index (χ4v) is 3.26. The molecule has 1 aromatic rings. The third-order valence-corrected chi connectivity index (χ3v) is 4.21. The van der Waals surface area contributed by atoms with Gasteiger partial charge in [0.05, 0.1) is 11.1 Å². The first-order valence-electron chi connectivity index (χ1n) is 5.88. The van der Waals surface area contributed by atoms with Crippen molar-refractivity contribution in [2.75, 3.05) is 0 Å². The maximum absolute atomic E-state index is 6.56. The van der Waals surface area contributed by atoms with Crippen molar-refractivity contribution in [1.29, 1.82) is 0 Å². The monoisotopic (exact) mass is 265 g/mol. The molecule has 0 spiro atoms. The average molecular weight is 266 g/mol. The number of pyridine rings is 1. The molecular formula is C14H13Cl2N. The summed E-state index contributed by atoms with van der Waals surface area (Å²) < 4.78 is 0. The maximum atomic E-state index is 6.56. The summed E-state index contributed by atoms with van der Waals surface area (Å²) in [7, 11) is 0. The van der Waals surface area contributed by atoms with Crippen LogP contribution in [0.5, 0.6) is 0 Å². The number of aromatic nitrogens is 1. The first kappa shape index (κ1) is 11.3. The van der Waals surface area contributed by atoms with E-state index in [0.29, 0.717) is 0 Å². The Balaban J connectivity index is 2.05. The number of hydrogen-bond acceptors (Lipinski definition) is 1. The minimum absolute atomic E-state index is 0.117. The Morgan fingerprint density at radius 2 is 2.12 bits per heavy atom. The smallest absolute Gasteiger partial charge is 0.101 e. The van der Waals surface area contributed by atoms with E-state index in [-0.39, 0.29) is 10.8 Å². The second-order valence-electron chi connectivity index (χ2n) is 4.55. The molecule has 2 aliphatic rings. The Bertz CT molecular complexity index is 505. The van der Waals surface area contributed by atoms with Crippen LogP contribution < -0.4 is 0 Å². The Morgan fingerprint density at radius 1 is 1.24 bits per heavy atom. The largest absolute Gasteiger partial charge is 0.259 e. The van der Waals surface area contributed by atoms with E-state index in [1.165, 1.54) is 16.7 Å². The molecule has 0 fully saturated rings. The van der Waals surface area contributed by atoms with Crippen LogP contribution in [-0.4, -0.2) is 10.4 Å². The standard InChI is InChI=1S/C14H13Cl2N/c15-11-5-6-12-10(8-11)4-3-9-2-1-7-17-14(9)13(12)16/h1-2,5-7,11,13H,3-4,8H2. The predicted octanol–water partition coefficient (Wildman–Crippen LogP) is 4.17. The quantitative estimate of drug-likeness (QED) is 0.642. The summed E-state index contributed by atoms with van der Waals surface area (Å²) in [5.74, 6) is 0. The van der Waals surface area contributed by atoms with Gasteiger partial charge in [0.25, 0.3) is 0 Å². The van der Waals surface area contributed by atoms with Crippen LogP contribution in [0.2, 0.25) is 0 Å². The molecule has 0 N–H and O–H groups in total. The lowest BCUT2D eigenvalue weighted by Gasteiger charge is -2.19. The molecule has 0 amide bonds. The molecule has 0 saturated carbocycles. The van der Waals surface area contributed by atoms with E-state index in [1.807, 2.05) is 18.3 Å². The molecule has 0 bridgehead atoms. The van der Waals surface area contributed by atoms with Crippen LogP contribution in [0.4, 0.5) is 0 Å². The highest BCUT2D eigenvalue weighted by molar-refractivity contribution is 6.23. The van der Waals surface area contributed by atoms with Crippen LogP contribution in [0.1, 0.15) is 29.5 Å². The number of alkyl halides is 2. The third kappa shape index (κ3) is 2.02. The topological polar surface area (TPSA) is 12.9 Å². The van der Waals surface area contributed by atoms with E-state index in [9.17, 15) is 0 Å². The van der Waals surface area contributed by atoms with Crippen molar-refractivity contribution in [3.05, 3.63) is 52.9 Å². The van der Waals surface area contributed by atoms with E-state index in [4.69, 9.17) is 23.2 Å². The van der Waals surface area contributed by atoms with Gasteiger partial charge in [-0.3, -0.25) is 4.98 Å². The fraction of sp³-hybridized carbons (Fsp3) is 0.357. The summed E-state index contributed by atoms with van der Waals surface area (Å²) in [5, 5.41) is -0.00379. The molecule has 0 radical (unpaired) electrons. The van der Waals surface area contributed by atoms with Crippen molar-refractivity contribution in [2.45, 2.75) is 30.0 Å². The van der Waals surface area contributed by atoms with Crippen molar-refractivity contribution in [3.63, 3.8) is 0 Å². The highest BCUT2D eigenvalue weighted by Gasteiger charge is 2.26. The second-order valence-corrected chi connectivity index (χ2v) is 5.55. The fourth-order valence-electron chi connectivity index (χ4n) is 2.58. The molecule has 1 nitrogen and oxygen atoms in total. The molecule has 3 rings (SSSR count). The Labute approximate surface area is 111 Å². The molecule has 1 heterocycles. The van der Waals surface area contributed by atoms with E-state index in [1.54, 1.807) is 0 Å². The summed E-state index contributed by atoms with van der Waals surface area (Å²) in [5.41, 5.74) is 4.88. The minimum atomic E-state index is -0.121. The van der Waals surface area contributed by atoms with Gasteiger partial charge in [-0.1, -0.05) is 23.8 Å². The summed E-state index contributed by atoms with van der Waals surface area (Å²) in [6.45, 7) is 0. The van der Waals surface area contributed by atoms with Gasteiger partial charge < -0.3 is 0 Å². The lowest BCUT2D eigenvalue weighted by atomic mass is 9.93. The van der Waals surface area contributed by atoms with Crippen molar-refractivity contribution in [2.24, 2.45) is 0 Å². The lowest BCUT2D eigenvalue weighted by molar-refractivity contribution is 0.836. The van der Waals surface area contributed by atoms with E-state index < -0.39 is 0 Å². The van der Waals surface area contributed by atoms with Gasteiger partial charge in [0.2, 0.25) is 0 Å². The average Bonchev–Trinajstić information content (AvgIpc) is 2.48.